The van der Waals surface area contributed by atoms with Crippen LogP contribution in [0.15, 0.2) is 11.7 Å². The minimum atomic E-state index is -0.803. The van der Waals surface area contributed by atoms with Gasteiger partial charge in [0.2, 0.25) is 0 Å². The lowest BCUT2D eigenvalue weighted by atomic mass is 9.80. The first-order valence-corrected chi connectivity index (χ1v) is 6.42. The summed E-state index contributed by atoms with van der Waals surface area (Å²) >= 11 is 1.58. The number of hydrogen-bond donors (Lipinski definition) is 1. The van der Waals surface area contributed by atoms with Crippen molar-refractivity contribution in [3.63, 3.8) is 0 Å². The summed E-state index contributed by atoms with van der Waals surface area (Å²) in [6.45, 7) is 7.98. The van der Waals surface area contributed by atoms with Crippen LogP contribution < -0.4 is 0 Å². The topological polar surface area (TPSA) is 42.4 Å². The zero-order valence-electron chi connectivity index (χ0n) is 10.3. The van der Waals surface area contributed by atoms with Crippen LogP contribution in [0.4, 0.5) is 0 Å². The summed E-state index contributed by atoms with van der Waals surface area (Å²) in [6, 6.07) is 0. The van der Waals surface area contributed by atoms with Crippen LogP contribution in [0.2, 0.25) is 0 Å². The molecular formula is C12H19NO2S. The molecule has 0 bridgehead atoms. The second kappa shape index (κ2) is 3.52. The number of ether oxygens (including phenoxy) is 1. The van der Waals surface area contributed by atoms with Crippen molar-refractivity contribution in [2.24, 2.45) is 0 Å². The lowest BCUT2D eigenvalue weighted by Crippen LogP contribution is -2.47. The highest BCUT2D eigenvalue weighted by molar-refractivity contribution is 7.09. The Morgan fingerprint density at radius 2 is 2.12 bits per heavy atom. The summed E-state index contributed by atoms with van der Waals surface area (Å²) in [5, 5.41) is 10.8. The first-order valence-electron chi connectivity index (χ1n) is 5.54. The highest BCUT2D eigenvalue weighted by Crippen LogP contribution is 2.46. The lowest BCUT2D eigenvalue weighted by Gasteiger charge is -2.34. The minimum absolute atomic E-state index is 0.261. The van der Waals surface area contributed by atoms with Gasteiger partial charge in [0.15, 0.2) is 0 Å². The number of nitrogens with zero attached hydrogens (tertiary/aromatic N) is 1. The van der Waals surface area contributed by atoms with E-state index in [4.69, 9.17) is 4.74 Å². The van der Waals surface area contributed by atoms with Gasteiger partial charge in [-0.05, 0) is 27.7 Å². The lowest BCUT2D eigenvalue weighted by molar-refractivity contribution is -0.125. The van der Waals surface area contributed by atoms with E-state index >= 15 is 0 Å². The molecule has 4 heteroatoms. The predicted octanol–water partition coefficient (Wildman–Crippen LogP) is 2.39. The maximum Gasteiger partial charge on any atom is 0.101 e. The molecule has 1 aromatic heterocycles. The molecule has 0 saturated carbocycles. The van der Waals surface area contributed by atoms with Gasteiger partial charge in [-0.1, -0.05) is 0 Å². The van der Waals surface area contributed by atoms with E-state index in [1.807, 2.05) is 33.9 Å². The summed E-state index contributed by atoms with van der Waals surface area (Å²) in [5.74, 6) is 0. The van der Waals surface area contributed by atoms with Gasteiger partial charge >= 0.3 is 0 Å². The molecular weight excluding hydrogens is 222 g/mol. The average molecular weight is 241 g/mol. The minimum Gasteiger partial charge on any atom is -0.386 e. The van der Waals surface area contributed by atoms with Gasteiger partial charge < -0.3 is 9.84 Å². The molecule has 16 heavy (non-hydrogen) atoms. The van der Waals surface area contributed by atoms with Crippen LogP contribution in [0.3, 0.4) is 0 Å². The molecule has 1 aliphatic rings. The zero-order valence-corrected chi connectivity index (χ0v) is 11.1. The molecule has 0 amide bonds. The molecule has 1 fully saturated rings. The van der Waals surface area contributed by atoms with Crippen molar-refractivity contribution >= 4 is 11.3 Å². The van der Waals surface area contributed by atoms with E-state index in [0.29, 0.717) is 12.8 Å². The Morgan fingerprint density at radius 1 is 1.44 bits per heavy atom. The summed E-state index contributed by atoms with van der Waals surface area (Å²) in [4.78, 5) is 5.15. The van der Waals surface area contributed by atoms with Crippen molar-refractivity contribution in [3.05, 3.63) is 16.6 Å². The fourth-order valence-electron chi connectivity index (χ4n) is 2.63. The van der Waals surface area contributed by atoms with Crippen LogP contribution in [-0.4, -0.2) is 26.9 Å². The Labute approximate surface area is 100 Å². The first kappa shape index (κ1) is 12.0. The smallest absolute Gasteiger partial charge is 0.101 e. The summed E-state index contributed by atoms with van der Waals surface area (Å²) in [6.07, 6.45) is 3.10. The standard InChI is InChI=1S/C12H19NO2S/c1-10(2)7-12(14,11(3,4)15-10)5-9-6-13-8-16-9/h6,8,14H,5,7H2,1-4H3. The molecule has 1 N–H and O–H groups in total. The van der Waals surface area contributed by atoms with E-state index in [2.05, 4.69) is 4.98 Å². The van der Waals surface area contributed by atoms with Gasteiger partial charge in [-0.3, -0.25) is 4.98 Å². The van der Waals surface area contributed by atoms with E-state index in [1.54, 1.807) is 16.8 Å². The largest absolute Gasteiger partial charge is 0.386 e. The van der Waals surface area contributed by atoms with Crippen molar-refractivity contribution in [3.8, 4) is 0 Å². The molecule has 1 saturated heterocycles. The fraction of sp³-hybridized carbons (Fsp3) is 0.750. The maximum absolute atomic E-state index is 10.8. The third kappa shape index (κ3) is 2.01. The van der Waals surface area contributed by atoms with Gasteiger partial charge in [0, 0.05) is 23.9 Å². The monoisotopic (exact) mass is 241 g/mol. The molecule has 1 atom stereocenters. The third-order valence-electron chi connectivity index (χ3n) is 3.32. The predicted molar refractivity (Wildman–Crippen MR) is 64.6 cm³/mol. The van der Waals surface area contributed by atoms with Gasteiger partial charge in [0.05, 0.1) is 16.7 Å². The molecule has 0 aromatic carbocycles. The van der Waals surface area contributed by atoms with E-state index < -0.39 is 11.2 Å². The van der Waals surface area contributed by atoms with E-state index in [1.165, 1.54) is 0 Å². The average Bonchev–Trinajstić information content (AvgIpc) is 2.56. The number of aliphatic hydroxyl groups is 1. The summed E-state index contributed by atoms with van der Waals surface area (Å²) in [7, 11) is 0. The van der Waals surface area contributed by atoms with E-state index in [0.717, 1.165) is 4.88 Å². The highest BCUT2D eigenvalue weighted by Gasteiger charge is 2.56. The second-order valence-electron chi connectivity index (χ2n) is 5.72. The zero-order chi connectivity index (χ0) is 12.0. The Kier molecular flexibility index (Phi) is 2.64. The van der Waals surface area contributed by atoms with Crippen molar-refractivity contribution in [2.75, 3.05) is 0 Å². The quantitative estimate of drug-likeness (QED) is 0.864. The molecule has 1 aliphatic heterocycles. The van der Waals surface area contributed by atoms with Crippen LogP contribution in [0.25, 0.3) is 0 Å². The Morgan fingerprint density at radius 3 is 2.56 bits per heavy atom. The molecule has 1 unspecified atom stereocenters. The van der Waals surface area contributed by atoms with Crippen LogP contribution in [0, 0.1) is 0 Å². The SMILES string of the molecule is CC1(C)CC(O)(Cc2cncs2)C(C)(C)O1. The number of thiazole rings is 1. The van der Waals surface area contributed by atoms with Crippen LogP contribution in [0.5, 0.6) is 0 Å². The Balaban J connectivity index is 2.24. The number of aromatic nitrogens is 1. The molecule has 1 aromatic rings. The van der Waals surface area contributed by atoms with Gasteiger partial charge in [-0.25, -0.2) is 0 Å². The van der Waals surface area contributed by atoms with Gasteiger partial charge in [0.25, 0.3) is 0 Å². The van der Waals surface area contributed by atoms with Crippen LogP contribution in [0.1, 0.15) is 39.0 Å². The summed E-state index contributed by atoms with van der Waals surface area (Å²) in [5.41, 5.74) is 0.221. The van der Waals surface area contributed by atoms with Gasteiger partial charge in [-0.2, -0.15) is 0 Å². The second-order valence-corrected chi connectivity index (χ2v) is 6.70. The van der Waals surface area contributed by atoms with E-state index in [9.17, 15) is 5.11 Å². The normalized spacial score (nSPS) is 31.8. The maximum atomic E-state index is 10.8. The molecule has 0 radical (unpaired) electrons. The first-order chi connectivity index (χ1) is 7.24. The van der Waals surface area contributed by atoms with E-state index in [-0.39, 0.29) is 5.60 Å². The fourth-order valence-corrected chi connectivity index (χ4v) is 3.33. The highest BCUT2D eigenvalue weighted by atomic mass is 32.1. The molecule has 0 spiro atoms. The molecule has 3 nitrogen and oxygen atoms in total. The molecule has 0 aliphatic carbocycles. The molecule has 2 rings (SSSR count). The van der Waals surface area contributed by atoms with Crippen molar-refractivity contribution in [1.29, 1.82) is 0 Å². The number of hydrogen-bond acceptors (Lipinski definition) is 4. The van der Waals surface area contributed by atoms with Crippen molar-refractivity contribution in [2.45, 2.75) is 57.3 Å². The van der Waals surface area contributed by atoms with Gasteiger partial charge in [0.1, 0.15) is 5.60 Å². The Bertz CT molecular complexity index is 372. The van der Waals surface area contributed by atoms with Crippen molar-refractivity contribution in [1.82, 2.24) is 4.98 Å². The summed E-state index contributed by atoms with van der Waals surface area (Å²) < 4.78 is 5.93. The third-order valence-corrected chi connectivity index (χ3v) is 4.10. The van der Waals surface area contributed by atoms with Crippen LogP contribution >= 0.6 is 11.3 Å². The van der Waals surface area contributed by atoms with Gasteiger partial charge in [-0.15, -0.1) is 11.3 Å². The molecule has 2 heterocycles. The van der Waals surface area contributed by atoms with Crippen LogP contribution in [-0.2, 0) is 11.2 Å². The Hall–Kier alpha value is -0.450. The molecule has 90 valence electrons. The number of rotatable bonds is 2. The van der Waals surface area contributed by atoms with Crippen molar-refractivity contribution < 1.29 is 9.84 Å².